The number of fused-ring (bicyclic) bond motifs is 2. The molecule has 3 rings (SSSR count). The zero-order chi connectivity index (χ0) is 13.4. The highest BCUT2D eigenvalue weighted by Gasteiger charge is 2.29. The van der Waals surface area contributed by atoms with Crippen LogP contribution in [0.2, 0.25) is 0 Å². The van der Waals surface area contributed by atoms with Crippen LogP contribution in [-0.4, -0.2) is 39.9 Å². The third-order valence-corrected chi connectivity index (χ3v) is 4.55. The molecule has 1 aromatic heterocycles. The predicted octanol–water partition coefficient (Wildman–Crippen LogP) is 2.52. The van der Waals surface area contributed by atoms with Crippen molar-refractivity contribution in [2.75, 3.05) is 13.1 Å². The molecule has 2 aliphatic rings. The summed E-state index contributed by atoms with van der Waals surface area (Å²) in [6.45, 7) is 9.99. The van der Waals surface area contributed by atoms with Crippen LogP contribution in [-0.2, 0) is 6.54 Å². The van der Waals surface area contributed by atoms with Crippen LogP contribution in [0, 0.1) is 6.92 Å². The predicted molar refractivity (Wildman–Crippen MR) is 84.4 cm³/mol. The van der Waals surface area contributed by atoms with E-state index in [2.05, 4.69) is 47.0 Å². The number of hydrogen-bond acceptors (Lipinski definition) is 3. The highest BCUT2D eigenvalue weighted by Crippen LogP contribution is 2.22. The molecule has 2 unspecified atom stereocenters. The van der Waals surface area contributed by atoms with Crippen LogP contribution in [0.4, 0.5) is 0 Å². The van der Waals surface area contributed by atoms with E-state index in [4.69, 9.17) is 0 Å². The summed E-state index contributed by atoms with van der Waals surface area (Å²) < 4.78 is 2.09. The van der Waals surface area contributed by atoms with Crippen LogP contribution in [0.5, 0.6) is 0 Å². The molecule has 114 valence electrons. The average Bonchev–Trinajstić information content (AvgIpc) is 2.87. The van der Waals surface area contributed by atoms with Gasteiger partial charge in [0.25, 0.3) is 0 Å². The van der Waals surface area contributed by atoms with E-state index in [-0.39, 0.29) is 12.4 Å². The molecule has 2 aliphatic heterocycles. The maximum atomic E-state index is 4.62. The van der Waals surface area contributed by atoms with Crippen molar-refractivity contribution >= 4 is 12.4 Å². The van der Waals surface area contributed by atoms with Crippen LogP contribution in [0.15, 0.2) is 6.20 Å². The highest BCUT2D eigenvalue weighted by atomic mass is 35.5. The molecule has 0 aliphatic carbocycles. The first-order valence-electron chi connectivity index (χ1n) is 7.65. The minimum Gasteiger partial charge on any atom is -0.310 e. The first-order chi connectivity index (χ1) is 9.11. The Morgan fingerprint density at radius 1 is 1.30 bits per heavy atom. The number of hydrogen-bond donors (Lipinski definition) is 1. The number of nitrogens with zero attached hydrogens (tertiary/aromatic N) is 3. The minimum absolute atomic E-state index is 0. The van der Waals surface area contributed by atoms with Crippen molar-refractivity contribution in [3.05, 3.63) is 17.5 Å². The quantitative estimate of drug-likeness (QED) is 0.931. The van der Waals surface area contributed by atoms with Crippen LogP contribution in [0.1, 0.15) is 50.4 Å². The van der Waals surface area contributed by atoms with E-state index in [9.17, 15) is 0 Å². The van der Waals surface area contributed by atoms with Crippen LogP contribution >= 0.6 is 12.4 Å². The van der Waals surface area contributed by atoms with Crippen molar-refractivity contribution in [3.63, 3.8) is 0 Å². The Bertz CT molecular complexity index is 443. The summed E-state index contributed by atoms with van der Waals surface area (Å²) in [6.07, 6.45) is 6.26. The first kappa shape index (κ1) is 15.8. The van der Waals surface area contributed by atoms with Crippen molar-refractivity contribution in [1.29, 1.82) is 0 Å². The summed E-state index contributed by atoms with van der Waals surface area (Å²) in [5.41, 5.74) is 2.59. The number of aromatic nitrogens is 2. The fourth-order valence-corrected chi connectivity index (χ4v) is 3.34. The van der Waals surface area contributed by atoms with Gasteiger partial charge in [0, 0.05) is 49.5 Å². The Hall–Kier alpha value is -0.580. The molecule has 20 heavy (non-hydrogen) atoms. The second-order valence-electron chi connectivity index (χ2n) is 6.48. The van der Waals surface area contributed by atoms with Gasteiger partial charge in [-0.2, -0.15) is 5.10 Å². The molecule has 2 fully saturated rings. The van der Waals surface area contributed by atoms with Gasteiger partial charge in [0.05, 0.1) is 5.69 Å². The van der Waals surface area contributed by atoms with E-state index in [1.165, 1.54) is 43.6 Å². The van der Waals surface area contributed by atoms with Crippen molar-refractivity contribution in [3.8, 4) is 0 Å². The first-order valence-corrected chi connectivity index (χ1v) is 7.65. The van der Waals surface area contributed by atoms with E-state index in [0.29, 0.717) is 12.1 Å². The summed E-state index contributed by atoms with van der Waals surface area (Å²) in [6, 6.07) is 1.94. The molecule has 0 amide bonds. The van der Waals surface area contributed by atoms with E-state index >= 15 is 0 Å². The lowest BCUT2D eigenvalue weighted by atomic mass is 10.1. The molecule has 2 atom stereocenters. The Kier molecular flexibility index (Phi) is 5.10. The van der Waals surface area contributed by atoms with Gasteiger partial charge in [0.1, 0.15) is 0 Å². The number of nitrogens with one attached hydrogen (secondary N) is 1. The molecule has 0 radical (unpaired) electrons. The Labute approximate surface area is 128 Å². The molecule has 0 aromatic carbocycles. The third-order valence-electron chi connectivity index (χ3n) is 4.55. The molecule has 4 nitrogen and oxygen atoms in total. The number of aryl methyl sites for hydroxylation is 1. The fraction of sp³-hybridized carbons (Fsp3) is 0.800. The Morgan fingerprint density at radius 2 is 2.05 bits per heavy atom. The van der Waals surface area contributed by atoms with Gasteiger partial charge in [-0.3, -0.25) is 9.58 Å². The number of likely N-dealkylation sites (tertiary alicyclic amines) is 1. The summed E-state index contributed by atoms with van der Waals surface area (Å²) in [5, 5.41) is 8.37. The number of rotatable bonds is 3. The second-order valence-corrected chi connectivity index (χ2v) is 6.48. The van der Waals surface area contributed by atoms with Gasteiger partial charge in [-0.25, -0.2) is 0 Å². The van der Waals surface area contributed by atoms with Gasteiger partial charge in [0.2, 0.25) is 0 Å². The maximum absolute atomic E-state index is 4.62. The summed E-state index contributed by atoms with van der Waals surface area (Å²) >= 11 is 0. The summed E-state index contributed by atoms with van der Waals surface area (Å²) in [5.74, 6) is 0. The molecule has 0 spiro atoms. The van der Waals surface area contributed by atoms with Crippen LogP contribution in [0.3, 0.4) is 0 Å². The van der Waals surface area contributed by atoms with E-state index < -0.39 is 0 Å². The maximum Gasteiger partial charge on any atom is 0.0638 e. The zero-order valence-corrected chi connectivity index (χ0v) is 13.6. The number of halogens is 1. The molecule has 2 saturated heterocycles. The molecule has 1 aromatic rings. The lowest BCUT2D eigenvalue weighted by Gasteiger charge is -2.23. The molecule has 5 heteroatoms. The average molecular weight is 299 g/mol. The Balaban J connectivity index is 0.00000147. The van der Waals surface area contributed by atoms with Crippen LogP contribution < -0.4 is 5.32 Å². The van der Waals surface area contributed by atoms with Crippen molar-refractivity contribution in [2.24, 2.45) is 0 Å². The van der Waals surface area contributed by atoms with Crippen molar-refractivity contribution in [2.45, 2.75) is 64.7 Å². The van der Waals surface area contributed by atoms with Crippen molar-refractivity contribution in [1.82, 2.24) is 20.0 Å². The zero-order valence-electron chi connectivity index (χ0n) is 12.8. The van der Waals surface area contributed by atoms with Gasteiger partial charge in [0.15, 0.2) is 0 Å². The highest BCUT2D eigenvalue weighted by molar-refractivity contribution is 5.85. The molecule has 3 heterocycles. The SMILES string of the molecule is Cc1nn(C(C)C)cc1CN1CCC2CCC(C1)N2.Cl. The van der Waals surface area contributed by atoms with Crippen LogP contribution in [0.25, 0.3) is 0 Å². The monoisotopic (exact) mass is 298 g/mol. The molecule has 0 saturated carbocycles. The topological polar surface area (TPSA) is 33.1 Å². The lowest BCUT2D eigenvalue weighted by Crippen LogP contribution is -2.35. The van der Waals surface area contributed by atoms with Gasteiger partial charge < -0.3 is 5.32 Å². The summed E-state index contributed by atoms with van der Waals surface area (Å²) in [7, 11) is 0. The summed E-state index contributed by atoms with van der Waals surface area (Å²) in [4.78, 5) is 2.60. The van der Waals surface area contributed by atoms with Gasteiger partial charge in [-0.15, -0.1) is 12.4 Å². The smallest absolute Gasteiger partial charge is 0.0638 e. The molecular formula is C15H27ClN4. The van der Waals surface area contributed by atoms with Gasteiger partial charge >= 0.3 is 0 Å². The molecular weight excluding hydrogens is 272 g/mol. The van der Waals surface area contributed by atoms with E-state index in [1.807, 2.05) is 0 Å². The van der Waals surface area contributed by atoms with Gasteiger partial charge in [-0.1, -0.05) is 0 Å². The van der Waals surface area contributed by atoms with Gasteiger partial charge in [-0.05, 0) is 40.0 Å². The molecule has 2 bridgehead atoms. The third kappa shape index (κ3) is 3.35. The van der Waals surface area contributed by atoms with Crippen molar-refractivity contribution < 1.29 is 0 Å². The fourth-order valence-electron chi connectivity index (χ4n) is 3.34. The normalized spacial score (nSPS) is 26.6. The standard InChI is InChI=1S/C15H26N4.ClH/c1-11(2)19-9-13(12(3)17-19)8-18-7-6-14-4-5-15(10-18)16-14;/h9,11,14-16H,4-8,10H2,1-3H3;1H. The van der Waals surface area contributed by atoms with E-state index in [0.717, 1.165) is 12.6 Å². The second kappa shape index (κ2) is 6.46. The minimum atomic E-state index is 0. The van der Waals surface area contributed by atoms with E-state index in [1.54, 1.807) is 0 Å². The Morgan fingerprint density at radius 3 is 2.75 bits per heavy atom. The largest absolute Gasteiger partial charge is 0.310 e. The lowest BCUT2D eigenvalue weighted by molar-refractivity contribution is 0.250. The molecule has 1 N–H and O–H groups in total.